The molecule has 0 atom stereocenters. The average Bonchev–Trinajstić information content (AvgIpc) is 2.36. The molecule has 0 saturated carbocycles. The van der Waals surface area contributed by atoms with Gasteiger partial charge in [0.15, 0.2) is 0 Å². The molecule has 0 rings (SSSR count). The van der Waals surface area contributed by atoms with E-state index in [-0.39, 0.29) is 13.1 Å². The van der Waals surface area contributed by atoms with Gasteiger partial charge in [-0.2, -0.15) is 0 Å². The van der Waals surface area contributed by atoms with E-state index < -0.39 is 24.5 Å². The third kappa shape index (κ3) is 6.44. The summed E-state index contributed by atoms with van der Waals surface area (Å²) in [5.41, 5.74) is 0. The number of carbonyl (C=O) groups excluding carboxylic acids is 2. The molecule has 0 aliphatic carbocycles. The number of hydrogen-bond acceptors (Lipinski definition) is 4. The van der Waals surface area contributed by atoms with E-state index in [1.54, 1.807) is 0 Å². The highest BCUT2D eigenvalue weighted by Crippen LogP contribution is 2.02. The first-order chi connectivity index (χ1) is 8.96. The predicted octanol–water partition coefficient (Wildman–Crippen LogP) is 0.564. The van der Waals surface area contributed by atoms with Gasteiger partial charge in [0.05, 0.1) is 7.11 Å². The van der Waals surface area contributed by atoms with Crippen molar-refractivity contribution >= 4 is 18.0 Å². The van der Waals surface area contributed by atoms with E-state index in [1.165, 1.54) is 18.1 Å². The number of carboxylic acids is 1. The molecule has 19 heavy (non-hydrogen) atoms. The van der Waals surface area contributed by atoms with Crippen LogP contribution in [0.4, 0.5) is 4.79 Å². The van der Waals surface area contributed by atoms with Gasteiger partial charge in [0.25, 0.3) is 0 Å². The zero-order valence-electron chi connectivity index (χ0n) is 11.3. The number of hydrogen-bond donors (Lipinski definition) is 1. The number of esters is 1. The fourth-order valence-corrected chi connectivity index (χ4v) is 1.46. The van der Waals surface area contributed by atoms with Gasteiger partial charge >= 0.3 is 18.0 Å². The molecule has 0 aliphatic rings. The van der Waals surface area contributed by atoms with E-state index in [9.17, 15) is 14.4 Å². The van der Waals surface area contributed by atoms with Crippen LogP contribution in [0.2, 0.25) is 0 Å². The molecular weight excluding hydrogens is 252 g/mol. The van der Waals surface area contributed by atoms with Crippen LogP contribution >= 0.6 is 0 Å². The lowest BCUT2D eigenvalue weighted by molar-refractivity contribution is -0.141. The number of carbonyl (C=O) groups is 3. The van der Waals surface area contributed by atoms with Crippen LogP contribution in [0, 0.1) is 0 Å². The number of carboxylic acid groups (broad SMARTS) is 1. The van der Waals surface area contributed by atoms with Crippen molar-refractivity contribution in [3.8, 4) is 0 Å². The first-order valence-electron chi connectivity index (χ1n) is 5.89. The van der Waals surface area contributed by atoms with Crippen LogP contribution < -0.4 is 0 Å². The molecule has 0 spiro atoms. The molecule has 0 aliphatic heterocycles. The second kappa shape index (κ2) is 8.96. The molecule has 2 amide bonds. The number of rotatable bonds is 8. The molecule has 0 saturated heterocycles. The Bertz CT molecular complexity index is 343. The summed E-state index contributed by atoms with van der Waals surface area (Å²) in [5.74, 6) is -1.67. The smallest absolute Gasteiger partial charge is 0.325 e. The lowest BCUT2D eigenvalue weighted by Gasteiger charge is -2.28. The summed E-state index contributed by atoms with van der Waals surface area (Å²) in [6.45, 7) is 5.15. The van der Waals surface area contributed by atoms with Crippen molar-refractivity contribution in [3.63, 3.8) is 0 Å². The lowest BCUT2D eigenvalue weighted by Crippen LogP contribution is -2.47. The van der Waals surface area contributed by atoms with E-state index in [1.807, 2.05) is 6.92 Å². The van der Waals surface area contributed by atoms with Gasteiger partial charge in [0.1, 0.15) is 13.1 Å². The van der Waals surface area contributed by atoms with Crippen molar-refractivity contribution in [1.29, 1.82) is 0 Å². The molecule has 108 valence electrons. The Morgan fingerprint density at radius 2 is 1.89 bits per heavy atom. The predicted molar refractivity (Wildman–Crippen MR) is 68.7 cm³/mol. The van der Waals surface area contributed by atoms with Gasteiger partial charge in [-0.05, 0) is 6.42 Å². The van der Waals surface area contributed by atoms with Gasteiger partial charge < -0.3 is 19.6 Å². The molecule has 7 heteroatoms. The number of nitrogens with zero attached hydrogens (tertiary/aromatic N) is 2. The fourth-order valence-electron chi connectivity index (χ4n) is 1.46. The van der Waals surface area contributed by atoms with Crippen LogP contribution in [0.3, 0.4) is 0 Å². The molecule has 0 aromatic heterocycles. The summed E-state index contributed by atoms with van der Waals surface area (Å²) < 4.78 is 4.51. The van der Waals surface area contributed by atoms with Crippen LogP contribution in [-0.2, 0) is 14.3 Å². The van der Waals surface area contributed by atoms with Gasteiger partial charge in [-0.3, -0.25) is 9.59 Å². The highest BCUT2D eigenvalue weighted by molar-refractivity contribution is 5.83. The number of methoxy groups -OCH3 is 1. The molecular formula is C12H20N2O5. The first-order valence-corrected chi connectivity index (χ1v) is 5.89. The molecule has 0 heterocycles. The Balaban J connectivity index is 4.84. The lowest BCUT2D eigenvalue weighted by atomic mass is 10.4. The van der Waals surface area contributed by atoms with Crippen LogP contribution in [-0.4, -0.2) is 66.2 Å². The van der Waals surface area contributed by atoms with E-state index in [2.05, 4.69) is 11.3 Å². The van der Waals surface area contributed by atoms with Crippen molar-refractivity contribution < 1.29 is 24.2 Å². The van der Waals surface area contributed by atoms with E-state index in [0.29, 0.717) is 13.0 Å². The minimum atomic E-state index is -1.12. The van der Waals surface area contributed by atoms with Crippen molar-refractivity contribution in [2.45, 2.75) is 13.3 Å². The highest BCUT2D eigenvalue weighted by atomic mass is 16.5. The Labute approximate surface area is 112 Å². The third-order valence-electron chi connectivity index (χ3n) is 2.26. The van der Waals surface area contributed by atoms with E-state index >= 15 is 0 Å². The number of aliphatic carboxylic acids is 1. The summed E-state index contributed by atoms with van der Waals surface area (Å²) >= 11 is 0. The second-order valence-corrected chi connectivity index (χ2v) is 3.84. The number of urea groups is 1. The monoisotopic (exact) mass is 272 g/mol. The van der Waals surface area contributed by atoms with Gasteiger partial charge in [-0.25, -0.2) is 4.79 Å². The Kier molecular flexibility index (Phi) is 7.99. The maximum atomic E-state index is 12.1. The number of ether oxygens (including phenoxy) is 1. The summed E-state index contributed by atoms with van der Waals surface area (Å²) in [5, 5.41) is 8.76. The highest BCUT2D eigenvalue weighted by Gasteiger charge is 2.23. The molecule has 0 aromatic rings. The first kappa shape index (κ1) is 16.9. The van der Waals surface area contributed by atoms with Gasteiger partial charge in [-0.15, -0.1) is 6.58 Å². The summed E-state index contributed by atoms with van der Waals surface area (Å²) in [4.78, 5) is 36.5. The van der Waals surface area contributed by atoms with E-state index in [4.69, 9.17) is 5.11 Å². The summed E-state index contributed by atoms with van der Waals surface area (Å²) in [6, 6.07) is -0.519. The Hall–Kier alpha value is -2.05. The third-order valence-corrected chi connectivity index (χ3v) is 2.26. The average molecular weight is 272 g/mol. The van der Waals surface area contributed by atoms with Crippen LogP contribution in [0.5, 0.6) is 0 Å². The quantitative estimate of drug-likeness (QED) is 0.515. The second-order valence-electron chi connectivity index (χ2n) is 3.84. The molecule has 1 N–H and O–H groups in total. The van der Waals surface area contributed by atoms with Crippen molar-refractivity contribution in [3.05, 3.63) is 12.7 Å². The molecule has 7 nitrogen and oxygen atoms in total. The SMILES string of the molecule is C=CCN(CC(=O)O)C(=O)N(CCC)CC(=O)OC. The molecule has 0 radical (unpaired) electrons. The zero-order valence-corrected chi connectivity index (χ0v) is 11.3. The minimum Gasteiger partial charge on any atom is -0.480 e. The standard InChI is InChI=1S/C12H20N2O5/c1-4-6-13(8-10(15)16)12(18)14(7-5-2)9-11(17)19-3/h4H,1,5-9H2,2-3H3,(H,15,16). The summed E-state index contributed by atoms with van der Waals surface area (Å²) in [7, 11) is 1.23. The van der Waals surface area contributed by atoms with Crippen molar-refractivity contribution in [1.82, 2.24) is 9.80 Å². The topological polar surface area (TPSA) is 87.2 Å². The van der Waals surface area contributed by atoms with Crippen molar-refractivity contribution in [2.75, 3.05) is 33.3 Å². The maximum absolute atomic E-state index is 12.1. The Morgan fingerprint density at radius 3 is 2.32 bits per heavy atom. The van der Waals surface area contributed by atoms with Crippen molar-refractivity contribution in [2.24, 2.45) is 0 Å². The molecule has 0 fully saturated rings. The molecule has 0 aromatic carbocycles. The summed E-state index contributed by atoms with van der Waals surface area (Å²) in [6.07, 6.45) is 2.08. The molecule has 0 unspecified atom stereocenters. The van der Waals surface area contributed by atoms with Crippen LogP contribution in [0.25, 0.3) is 0 Å². The number of amides is 2. The Morgan fingerprint density at radius 1 is 1.26 bits per heavy atom. The molecule has 0 bridgehead atoms. The fraction of sp³-hybridized carbons (Fsp3) is 0.583. The van der Waals surface area contributed by atoms with Gasteiger partial charge in [0, 0.05) is 13.1 Å². The normalized spacial score (nSPS) is 9.58. The van der Waals surface area contributed by atoms with Crippen LogP contribution in [0.15, 0.2) is 12.7 Å². The van der Waals surface area contributed by atoms with Gasteiger partial charge in [-0.1, -0.05) is 13.0 Å². The van der Waals surface area contributed by atoms with E-state index in [0.717, 1.165) is 4.90 Å². The minimum absolute atomic E-state index is 0.104. The zero-order chi connectivity index (χ0) is 14.8. The maximum Gasteiger partial charge on any atom is 0.325 e. The largest absolute Gasteiger partial charge is 0.480 e. The van der Waals surface area contributed by atoms with Crippen LogP contribution in [0.1, 0.15) is 13.3 Å². The van der Waals surface area contributed by atoms with Gasteiger partial charge in [0.2, 0.25) is 0 Å².